The highest BCUT2D eigenvalue weighted by atomic mass is 16.2. The number of anilines is 1. The van der Waals surface area contributed by atoms with Crippen molar-refractivity contribution < 1.29 is 4.79 Å². The van der Waals surface area contributed by atoms with Gasteiger partial charge in [0, 0.05) is 25.3 Å². The number of benzene rings is 1. The maximum absolute atomic E-state index is 12.0. The van der Waals surface area contributed by atoms with Crippen LogP contribution in [0, 0.1) is 0 Å². The second-order valence-electron chi connectivity index (χ2n) is 4.77. The van der Waals surface area contributed by atoms with E-state index in [1.54, 1.807) is 0 Å². The van der Waals surface area contributed by atoms with Gasteiger partial charge in [-0.3, -0.25) is 4.79 Å². The number of rotatable bonds is 7. The molecule has 0 heterocycles. The molecule has 19 heavy (non-hydrogen) atoms. The third kappa shape index (κ3) is 4.56. The molecule has 1 aromatic carbocycles. The van der Waals surface area contributed by atoms with Crippen LogP contribution < -0.4 is 16.0 Å². The molecule has 0 fully saturated rings. The maximum atomic E-state index is 12.0. The molecule has 1 amide bonds. The molecule has 0 spiro atoms. The van der Waals surface area contributed by atoms with Crippen molar-refractivity contribution in [2.24, 2.45) is 5.73 Å². The summed E-state index contributed by atoms with van der Waals surface area (Å²) in [6, 6.07) is 8.18. The van der Waals surface area contributed by atoms with E-state index in [-0.39, 0.29) is 11.9 Å². The summed E-state index contributed by atoms with van der Waals surface area (Å²) in [5.41, 5.74) is 7.79. The van der Waals surface area contributed by atoms with Gasteiger partial charge in [0.2, 0.25) is 5.91 Å². The number of hydrogen-bond acceptors (Lipinski definition) is 3. The molecule has 1 aromatic rings. The van der Waals surface area contributed by atoms with E-state index in [2.05, 4.69) is 19.2 Å². The fourth-order valence-corrected chi connectivity index (χ4v) is 2.12. The monoisotopic (exact) mass is 263 g/mol. The van der Waals surface area contributed by atoms with E-state index in [1.807, 2.05) is 36.2 Å². The molecule has 0 aliphatic carbocycles. The fraction of sp³-hybridized carbons (Fsp3) is 0.533. The highest BCUT2D eigenvalue weighted by Crippen LogP contribution is 2.18. The molecule has 4 heteroatoms. The number of carbonyl (C=O) groups excluding carboxylic acids is 1. The summed E-state index contributed by atoms with van der Waals surface area (Å²) in [7, 11) is 1.92. The van der Waals surface area contributed by atoms with E-state index < -0.39 is 0 Å². The molecule has 106 valence electrons. The first-order valence-corrected chi connectivity index (χ1v) is 6.90. The molecule has 0 bridgehead atoms. The Morgan fingerprint density at radius 3 is 2.53 bits per heavy atom. The Morgan fingerprint density at radius 2 is 1.95 bits per heavy atom. The lowest BCUT2D eigenvalue weighted by Gasteiger charge is -2.23. The molecular formula is C15H25N3O. The van der Waals surface area contributed by atoms with Gasteiger partial charge < -0.3 is 16.0 Å². The Bertz CT molecular complexity index is 402. The van der Waals surface area contributed by atoms with Gasteiger partial charge in [-0.2, -0.15) is 0 Å². The van der Waals surface area contributed by atoms with Crippen molar-refractivity contribution in [3.8, 4) is 0 Å². The van der Waals surface area contributed by atoms with Gasteiger partial charge in [0.1, 0.15) is 0 Å². The summed E-state index contributed by atoms with van der Waals surface area (Å²) in [6.45, 7) is 5.01. The second-order valence-corrected chi connectivity index (χ2v) is 4.77. The van der Waals surface area contributed by atoms with Gasteiger partial charge in [-0.05, 0) is 24.5 Å². The molecule has 0 aliphatic rings. The number of likely N-dealkylation sites (N-methyl/N-ethyl adjacent to an activating group) is 1. The summed E-state index contributed by atoms with van der Waals surface area (Å²) in [4.78, 5) is 13.9. The molecule has 4 nitrogen and oxygen atoms in total. The average Bonchev–Trinajstić information content (AvgIpc) is 2.44. The molecule has 0 aromatic heterocycles. The third-order valence-corrected chi connectivity index (χ3v) is 3.35. The van der Waals surface area contributed by atoms with Gasteiger partial charge in [-0.1, -0.05) is 32.0 Å². The Labute approximate surface area is 116 Å². The molecule has 1 rings (SSSR count). The molecular weight excluding hydrogens is 238 g/mol. The number of nitrogens with one attached hydrogen (secondary N) is 1. The molecule has 0 unspecified atom stereocenters. The van der Waals surface area contributed by atoms with Crippen LogP contribution in [0.25, 0.3) is 0 Å². The Hall–Kier alpha value is -1.55. The highest BCUT2D eigenvalue weighted by Gasteiger charge is 2.12. The van der Waals surface area contributed by atoms with Gasteiger partial charge in [0.25, 0.3) is 0 Å². The van der Waals surface area contributed by atoms with Crippen LogP contribution >= 0.6 is 0 Å². The quantitative estimate of drug-likeness (QED) is 0.790. The fourth-order valence-electron chi connectivity index (χ4n) is 2.12. The van der Waals surface area contributed by atoms with Gasteiger partial charge >= 0.3 is 0 Å². The zero-order valence-electron chi connectivity index (χ0n) is 12.1. The summed E-state index contributed by atoms with van der Waals surface area (Å²) < 4.78 is 0. The minimum absolute atomic E-state index is 0.0584. The van der Waals surface area contributed by atoms with Gasteiger partial charge in [0.15, 0.2) is 0 Å². The van der Waals surface area contributed by atoms with E-state index in [0.717, 1.165) is 24.1 Å². The van der Waals surface area contributed by atoms with Crippen molar-refractivity contribution in [1.29, 1.82) is 0 Å². The first-order chi connectivity index (χ1) is 9.12. The van der Waals surface area contributed by atoms with Crippen LogP contribution in [0.5, 0.6) is 0 Å². The smallest absolute Gasteiger partial charge is 0.239 e. The lowest BCUT2D eigenvalue weighted by molar-refractivity contribution is -0.120. The Balaban J connectivity index is 2.63. The zero-order valence-corrected chi connectivity index (χ0v) is 12.1. The van der Waals surface area contributed by atoms with Crippen molar-refractivity contribution in [2.45, 2.75) is 39.3 Å². The highest BCUT2D eigenvalue weighted by molar-refractivity contribution is 5.81. The van der Waals surface area contributed by atoms with E-state index >= 15 is 0 Å². The molecule has 0 radical (unpaired) electrons. The van der Waals surface area contributed by atoms with Gasteiger partial charge in [-0.15, -0.1) is 0 Å². The second kappa shape index (κ2) is 7.79. The number of nitrogens with two attached hydrogens (primary N) is 1. The van der Waals surface area contributed by atoms with Crippen LogP contribution in [0.2, 0.25) is 0 Å². The number of para-hydroxylation sites is 1. The lowest BCUT2D eigenvalue weighted by atomic mass is 10.1. The SMILES string of the molecule is CCC(CC)NC(=O)CN(C)c1ccccc1CN. The molecule has 0 saturated heterocycles. The molecule has 3 N–H and O–H groups in total. The van der Waals surface area contributed by atoms with Crippen molar-refractivity contribution in [3.05, 3.63) is 29.8 Å². The minimum atomic E-state index is 0.0584. The van der Waals surface area contributed by atoms with Gasteiger partial charge in [-0.25, -0.2) is 0 Å². The summed E-state index contributed by atoms with van der Waals surface area (Å²) in [5, 5.41) is 3.04. The van der Waals surface area contributed by atoms with Crippen LogP contribution in [-0.4, -0.2) is 25.5 Å². The largest absolute Gasteiger partial charge is 0.365 e. The number of nitrogens with zero attached hydrogens (tertiary/aromatic N) is 1. The first-order valence-electron chi connectivity index (χ1n) is 6.90. The van der Waals surface area contributed by atoms with Gasteiger partial charge in [0.05, 0.1) is 6.54 Å². The summed E-state index contributed by atoms with van der Waals surface area (Å²) in [5.74, 6) is 0.0584. The van der Waals surface area contributed by atoms with Crippen molar-refractivity contribution in [1.82, 2.24) is 5.32 Å². The maximum Gasteiger partial charge on any atom is 0.239 e. The normalized spacial score (nSPS) is 10.6. The van der Waals surface area contributed by atoms with Crippen LogP contribution in [0.4, 0.5) is 5.69 Å². The van der Waals surface area contributed by atoms with E-state index in [9.17, 15) is 4.79 Å². The molecule has 0 aliphatic heterocycles. The van der Waals surface area contributed by atoms with E-state index in [4.69, 9.17) is 5.73 Å². The standard InChI is InChI=1S/C15H25N3O/c1-4-13(5-2)17-15(19)11-18(3)14-9-7-6-8-12(14)10-16/h6-9,13H,4-5,10-11,16H2,1-3H3,(H,17,19). The van der Waals surface area contributed by atoms with E-state index in [0.29, 0.717) is 13.1 Å². The molecule has 0 atom stereocenters. The van der Waals surface area contributed by atoms with Crippen LogP contribution in [-0.2, 0) is 11.3 Å². The minimum Gasteiger partial charge on any atom is -0.365 e. The topological polar surface area (TPSA) is 58.4 Å². The molecule has 0 saturated carbocycles. The number of hydrogen-bond donors (Lipinski definition) is 2. The Kier molecular flexibility index (Phi) is 6.36. The third-order valence-electron chi connectivity index (χ3n) is 3.35. The van der Waals surface area contributed by atoms with Crippen LogP contribution in [0.1, 0.15) is 32.3 Å². The predicted molar refractivity (Wildman–Crippen MR) is 80.1 cm³/mol. The lowest BCUT2D eigenvalue weighted by Crippen LogP contribution is -2.40. The predicted octanol–water partition coefficient (Wildman–Crippen LogP) is 1.89. The van der Waals surface area contributed by atoms with Crippen molar-refractivity contribution in [3.63, 3.8) is 0 Å². The number of carbonyl (C=O) groups is 1. The van der Waals surface area contributed by atoms with Crippen LogP contribution in [0.15, 0.2) is 24.3 Å². The van der Waals surface area contributed by atoms with Crippen molar-refractivity contribution in [2.75, 3.05) is 18.5 Å². The summed E-state index contributed by atoms with van der Waals surface area (Å²) in [6.07, 6.45) is 1.93. The zero-order chi connectivity index (χ0) is 14.3. The summed E-state index contributed by atoms with van der Waals surface area (Å²) >= 11 is 0. The number of amides is 1. The Morgan fingerprint density at radius 1 is 1.32 bits per heavy atom. The van der Waals surface area contributed by atoms with E-state index in [1.165, 1.54) is 0 Å². The first kappa shape index (κ1) is 15.5. The van der Waals surface area contributed by atoms with Crippen LogP contribution in [0.3, 0.4) is 0 Å². The van der Waals surface area contributed by atoms with Crippen molar-refractivity contribution >= 4 is 11.6 Å². The average molecular weight is 263 g/mol.